The van der Waals surface area contributed by atoms with Crippen LogP contribution in [0.2, 0.25) is 0 Å². The molecule has 0 saturated carbocycles. The van der Waals surface area contributed by atoms with Crippen molar-refractivity contribution < 1.29 is 9.53 Å². The van der Waals surface area contributed by atoms with Crippen LogP contribution in [0, 0.1) is 0 Å². The molecule has 1 unspecified atom stereocenters. The number of piperidine rings is 1. The molecule has 120 valence electrons. The summed E-state index contributed by atoms with van der Waals surface area (Å²) in [6.07, 6.45) is 1.86. The van der Waals surface area contributed by atoms with Gasteiger partial charge in [-0.1, -0.05) is 18.2 Å². The molecule has 1 fully saturated rings. The summed E-state index contributed by atoms with van der Waals surface area (Å²) in [4.78, 5) is 16.7. The van der Waals surface area contributed by atoms with Crippen LogP contribution >= 0.6 is 11.6 Å². The number of amides is 1. The minimum Gasteiger partial charge on any atom is -0.485 e. The zero-order valence-corrected chi connectivity index (χ0v) is 14.0. The monoisotopic (exact) mass is 322 g/mol. The van der Waals surface area contributed by atoms with Crippen LogP contribution in [0.25, 0.3) is 0 Å². The molecule has 0 N–H and O–H groups in total. The molecule has 0 bridgehead atoms. The Morgan fingerprint density at radius 3 is 2.68 bits per heavy atom. The Kier molecular flexibility index (Phi) is 4.33. The molecule has 4 nitrogen and oxygen atoms in total. The number of hydrogen-bond acceptors (Lipinski definition) is 3. The number of nitrogens with zero attached hydrogens (tertiary/aromatic N) is 2. The van der Waals surface area contributed by atoms with Crippen LogP contribution in [0.4, 0.5) is 0 Å². The van der Waals surface area contributed by atoms with Crippen LogP contribution in [-0.4, -0.2) is 53.4 Å². The van der Waals surface area contributed by atoms with Crippen LogP contribution in [0.3, 0.4) is 0 Å². The minimum atomic E-state index is -0.506. The molecule has 22 heavy (non-hydrogen) atoms. The summed E-state index contributed by atoms with van der Waals surface area (Å²) in [5, 5.41) is -0.506. The molecule has 3 rings (SSSR count). The Hall–Kier alpha value is -1.26. The van der Waals surface area contributed by atoms with E-state index < -0.39 is 5.38 Å². The van der Waals surface area contributed by atoms with Crippen LogP contribution < -0.4 is 4.74 Å². The smallest absolute Gasteiger partial charge is 0.240 e. The zero-order chi connectivity index (χ0) is 15.7. The molecule has 1 amide bonds. The van der Waals surface area contributed by atoms with Gasteiger partial charge in [0, 0.05) is 38.0 Å². The first kappa shape index (κ1) is 15.6. The third-order valence-electron chi connectivity index (χ3n) is 4.69. The van der Waals surface area contributed by atoms with Crippen molar-refractivity contribution in [2.75, 3.05) is 26.7 Å². The second-order valence-electron chi connectivity index (χ2n) is 6.51. The van der Waals surface area contributed by atoms with E-state index in [9.17, 15) is 4.79 Å². The largest absolute Gasteiger partial charge is 0.485 e. The van der Waals surface area contributed by atoms with E-state index >= 15 is 0 Å². The van der Waals surface area contributed by atoms with Crippen LogP contribution in [0.1, 0.15) is 25.3 Å². The number of fused-ring (bicyclic) bond motifs is 1. The molecule has 1 aromatic carbocycles. The fourth-order valence-electron chi connectivity index (χ4n) is 3.30. The van der Waals surface area contributed by atoms with Gasteiger partial charge in [0.25, 0.3) is 0 Å². The number of carbonyl (C=O) groups is 1. The Labute approximate surface area is 137 Å². The number of carbonyl (C=O) groups excluding carboxylic acids is 1. The van der Waals surface area contributed by atoms with Crippen molar-refractivity contribution in [3.05, 3.63) is 29.8 Å². The normalized spacial score (nSPS) is 22.6. The first-order valence-corrected chi connectivity index (χ1v) is 8.31. The van der Waals surface area contributed by atoms with Gasteiger partial charge in [-0.25, -0.2) is 0 Å². The van der Waals surface area contributed by atoms with Gasteiger partial charge in [0.05, 0.1) is 6.54 Å². The third kappa shape index (κ3) is 3.08. The van der Waals surface area contributed by atoms with Crippen LogP contribution in [0.5, 0.6) is 5.75 Å². The van der Waals surface area contributed by atoms with Crippen molar-refractivity contribution in [1.29, 1.82) is 0 Å². The quantitative estimate of drug-likeness (QED) is 0.745. The van der Waals surface area contributed by atoms with Crippen molar-refractivity contribution in [2.24, 2.45) is 0 Å². The van der Waals surface area contributed by atoms with Crippen LogP contribution in [0.15, 0.2) is 24.3 Å². The molecule has 1 atom stereocenters. The van der Waals surface area contributed by atoms with E-state index in [1.807, 2.05) is 29.2 Å². The first-order chi connectivity index (χ1) is 10.5. The SMILES string of the molecule is CC(Cl)C(=O)N1Cc2ccccc2OC2(CCN(C)CC2)C1. The van der Waals surface area contributed by atoms with Gasteiger partial charge in [-0.3, -0.25) is 4.79 Å². The summed E-state index contributed by atoms with van der Waals surface area (Å²) in [5.74, 6) is 0.893. The van der Waals surface area contributed by atoms with Gasteiger partial charge < -0.3 is 14.5 Å². The van der Waals surface area contributed by atoms with Crippen LogP contribution in [-0.2, 0) is 11.3 Å². The summed E-state index contributed by atoms with van der Waals surface area (Å²) in [5.41, 5.74) is 0.768. The predicted octanol–water partition coefficient (Wildman–Crippen LogP) is 2.50. The average molecular weight is 323 g/mol. The molecule has 0 aromatic heterocycles. The molecule has 2 aliphatic heterocycles. The van der Waals surface area contributed by atoms with E-state index in [2.05, 4.69) is 11.9 Å². The number of alkyl halides is 1. The van der Waals surface area contributed by atoms with E-state index in [4.69, 9.17) is 16.3 Å². The van der Waals surface area contributed by atoms with Crippen molar-refractivity contribution in [1.82, 2.24) is 9.80 Å². The van der Waals surface area contributed by atoms with Gasteiger partial charge in [0.2, 0.25) is 5.91 Å². The van der Waals surface area contributed by atoms with Gasteiger partial charge in [-0.05, 0) is 20.0 Å². The Morgan fingerprint density at radius 2 is 2.00 bits per heavy atom. The lowest BCUT2D eigenvalue weighted by atomic mass is 9.90. The highest BCUT2D eigenvalue weighted by Gasteiger charge is 2.41. The highest BCUT2D eigenvalue weighted by atomic mass is 35.5. The summed E-state index contributed by atoms with van der Waals surface area (Å²) in [6.45, 7) is 4.90. The summed E-state index contributed by atoms with van der Waals surface area (Å²) >= 11 is 6.05. The maximum absolute atomic E-state index is 12.5. The molecule has 1 aromatic rings. The number of benzene rings is 1. The topological polar surface area (TPSA) is 32.8 Å². The van der Waals surface area contributed by atoms with Gasteiger partial charge >= 0.3 is 0 Å². The van der Waals surface area contributed by atoms with Gasteiger partial charge in [-0.2, -0.15) is 0 Å². The Bertz CT molecular complexity index is 553. The molecular weight excluding hydrogens is 300 g/mol. The maximum atomic E-state index is 12.5. The molecule has 0 radical (unpaired) electrons. The first-order valence-electron chi connectivity index (χ1n) is 7.87. The Morgan fingerprint density at radius 1 is 1.32 bits per heavy atom. The summed E-state index contributed by atoms with van der Waals surface area (Å²) in [6, 6.07) is 8.01. The number of rotatable bonds is 1. The van der Waals surface area contributed by atoms with E-state index in [1.165, 1.54) is 0 Å². The van der Waals surface area contributed by atoms with E-state index in [1.54, 1.807) is 6.92 Å². The molecular formula is C17H23ClN2O2. The summed E-state index contributed by atoms with van der Waals surface area (Å²) < 4.78 is 6.43. The highest BCUT2D eigenvalue weighted by molar-refractivity contribution is 6.30. The van der Waals surface area contributed by atoms with Crippen molar-refractivity contribution in [3.63, 3.8) is 0 Å². The molecule has 2 heterocycles. The standard InChI is InChI=1S/C17H23ClN2O2/c1-13(18)16(21)20-11-14-5-3-4-6-15(14)22-17(12-20)7-9-19(2)10-8-17/h3-6,13H,7-12H2,1-2H3. The van der Waals surface area contributed by atoms with E-state index in [-0.39, 0.29) is 11.5 Å². The molecule has 2 aliphatic rings. The fourth-order valence-corrected chi connectivity index (χ4v) is 3.44. The number of para-hydroxylation sites is 1. The summed E-state index contributed by atoms with van der Waals surface area (Å²) in [7, 11) is 2.13. The zero-order valence-electron chi connectivity index (χ0n) is 13.2. The lowest BCUT2D eigenvalue weighted by Crippen LogP contribution is -2.54. The minimum absolute atomic E-state index is 0.0136. The third-order valence-corrected chi connectivity index (χ3v) is 4.88. The predicted molar refractivity (Wildman–Crippen MR) is 87.3 cm³/mol. The van der Waals surface area contributed by atoms with Crippen molar-refractivity contribution in [3.8, 4) is 5.75 Å². The molecule has 1 saturated heterocycles. The average Bonchev–Trinajstić information content (AvgIpc) is 2.66. The van der Waals surface area contributed by atoms with Crippen molar-refractivity contribution >= 4 is 17.5 Å². The maximum Gasteiger partial charge on any atom is 0.240 e. The second-order valence-corrected chi connectivity index (χ2v) is 7.16. The van der Waals surface area contributed by atoms with Crippen molar-refractivity contribution in [2.45, 2.75) is 37.3 Å². The van der Waals surface area contributed by atoms with Gasteiger partial charge in [-0.15, -0.1) is 11.6 Å². The lowest BCUT2D eigenvalue weighted by molar-refractivity contribution is -0.134. The number of hydrogen-bond donors (Lipinski definition) is 0. The number of ether oxygens (including phenoxy) is 1. The highest BCUT2D eigenvalue weighted by Crippen LogP contribution is 2.35. The second kappa shape index (κ2) is 6.09. The molecule has 1 spiro atoms. The molecule has 5 heteroatoms. The van der Waals surface area contributed by atoms with Gasteiger partial charge in [0.15, 0.2) is 0 Å². The van der Waals surface area contributed by atoms with E-state index in [0.29, 0.717) is 13.1 Å². The molecule has 0 aliphatic carbocycles. The van der Waals surface area contributed by atoms with Gasteiger partial charge in [0.1, 0.15) is 16.7 Å². The van der Waals surface area contributed by atoms with E-state index in [0.717, 1.165) is 37.2 Å². The lowest BCUT2D eigenvalue weighted by Gasteiger charge is -2.42. The fraction of sp³-hybridized carbons (Fsp3) is 0.588. The Balaban J connectivity index is 1.93. The number of halogens is 1. The number of likely N-dealkylation sites (tertiary alicyclic amines) is 1.